The average molecular weight is 330 g/mol. The minimum atomic E-state index is -1.29. The molecule has 2 aromatic rings. The maximum Gasteiger partial charge on any atom is 0.511 e. The number of rotatable bonds is 8. The molecule has 4 heteroatoms. The van der Waals surface area contributed by atoms with Crippen molar-refractivity contribution < 1.29 is 14.6 Å². The van der Waals surface area contributed by atoms with E-state index in [0.29, 0.717) is 5.75 Å². The molecule has 0 saturated heterocycles. The van der Waals surface area contributed by atoms with E-state index in [4.69, 9.17) is 5.11 Å². The Balaban J connectivity index is 1.90. The third kappa shape index (κ3) is 5.99. The Morgan fingerprint density at radius 1 is 0.957 bits per heavy atom. The molecule has 23 heavy (non-hydrogen) atoms. The third-order valence-electron chi connectivity index (χ3n) is 3.51. The van der Waals surface area contributed by atoms with Crippen molar-refractivity contribution in [2.24, 2.45) is 0 Å². The smallest absolute Gasteiger partial charge is 0.449 e. The van der Waals surface area contributed by atoms with E-state index in [0.717, 1.165) is 11.1 Å². The number of carboxylic acid groups (broad SMARTS) is 1. The molecule has 0 aliphatic rings. The van der Waals surface area contributed by atoms with Crippen LogP contribution < -0.4 is 4.74 Å². The minimum Gasteiger partial charge on any atom is -0.449 e. The Labute approximate surface area is 141 Å². The lowest BCUT2D eigenvalue weighted by molar-refractivity contribution is 0.144. The molecule has 0 aromatic heterocycles. The zero-order valence-electron chi connectivity index (χ0n) is 13.3. The highest BCUT2D eigenvalue weighted by Crippen LogP contribution is 2.26. The number of carbonyl (C=O) groups is 1. The van der Waals surface area contributed by atoms with Crippen LogP contribution in [0.2, 0.25) is 0 Å². The summed E-state index contributed by atoms with van der Waals surface area (Å²) in [6.07, 6.45) is 3.88. The molecule has 0 aliphatic carbocycles. The number of ether oxygens (including phenoxy) is 1. The van der Waals surface area contributed by atoms with Gasteiger partial charge in [0.25, 0.3) is 0 Å². The third-order valence-corrected chi connectivity index (χ3v) is 4.61. The van der Waals surface area contributed by atoms with Crippen LogP contribution >= 0.6 is 11.8 Å². The van der Waals surface area contributed by atoms with Gasteiger partial charge in [0.15, 0.2) is 0 Å². The van der Waals surface area contributed by atoms with E-state index in [2.05, 4.69) is 35.9 Å². The normalized spacial score (nSPS) is 10.5. The van der Waals surface area contributed by atoms with E-state index in [1.165, 1.54) is 36.3 Å². The second-order valence-corrected chi connectivity index (χ2v) is 6.49. The number of hydrogen-bond donors (Lipinski definition) is 1. The molecule has 122 valence electrons. The summed E-state index contributed by atoms with van der Waals surface area (Å²) in [7, 11) is 0. The van der Waals surface area contributed by atoms with Gasteiger partial charge in [-0.3, -0.25) is 0 Å². The first-order valence-corrected chi connectivity index (χ1v) is 8.91. The monoisotopic (exact) mass is 330 g/mol. The second kappa shape index (κ2) is 9.26. The summed E-state index contributed by atoms with van der Waals surface area (Å²) >= 11 is 1.90. The first-order valence-electron chi connectivity index (χ1n) is 7.93. The maximum absolute atomic E-state index is 10.5. The van der Waals surface area contributed by atoms with Crippen LogP contribution in [0.3, 0.4) is 0 Å². The van der Waals surface area contributed by atoms with Crippen LogP contribution in [-0.4, -0.2) is 17.0 Å². The first-order chi connectivity index (χ1) is 11.2. The molecule has 0 aliphatic heterocycles. The summed E-state index contributed by atoms with van der Waals surface area (Å²) in [5, 5.41) is 8.58. The summed E-state index contributed by atoms with van der Waals surface area (Å²) < 4.78 is 4.61. The van der Waals surface area contributed by atoms with Gasteiger partial charge in [0.1, 0.15) is 5.75 Å². The van der Waals surface area contributed by atoms with E-state index >= 15 is 0 Å². The Morgan fingerprint density at radius 2 is 1.57 bits per heavy atom. The Kier molecular flexibility index (Phi) is 7.01. The van der Waals surface area contributed by atoms with Gasteiger partial charge in [0.2, 0.25) is 0 Å². The lowest BCUT2D eigenvalue weighted by atomic mass is 10.1. The predicted octanol–water partition coefficient (Wildman–Crippen LogP) is 6.08. The zero-order valence-corrected chi connectivity index (χ0v) is 14.1. The molecule has 2 rings (SSSR count). The second-order valence-electron chi connectivity index (χ2n) is 5.33. The van der Waals surface area contributed by atoms with Crippen LogP contribution in [0.25, 0.3) is 11.1 Å². The molecular formula is C19H22O3S. The van der Waals surface area contributed by atoms with Crippen LogP contribution in [0, 0.1) is 0 Å². The van der Waals surface area contributed by atoms with Gasteiger partial charge in [0, 0.05) is 4.90 Å². The molecule has 3 nitrogen and oxygen atoms in total. The first kappa shape index (κ1) is 17.4. The largest absolute Gasteiger partial charge is 0.511 e. The van der Waals surface area contributed by atoms with Gasteiger partial charge in [-0.05, 0) is 47.6 Å². The Bertz CT molecular complexity index is 606. The summed E-state index contributed by atoms with van der Waals surface area (Å²) in [5.74, 6) is 1.50. The molecule has 0 bridgehead atoms. The molecule has 2 aromatic carbocycles. The van der Waals surface area contributed by atoms with Crippen molar-refractivity contribution in [3.8, 4) is 16.9 Å². The van der Waals surface area contributed by atoms with E-state index in [-0.39, 0.29) is 0 Å². The van der Waals surface area contributed by atoms with Crippen molar-refractivity contribution >= 4 is 17.9 Å². The highest BCUT2D eigenvalue weighted by Gasteiger charge is 2.02. The molecule has 0 spiro atoms. The highest BCUT2D eigenvalue weighted by molar-refractivity contribution is 7.99. The van der Waals surface area contributed by atoms with E-state index in [1.807, 2.05) is 23.9 Å². The summed E-state index contributed by atoms with van der Waals surface area (Å²) in [6.45, 7) is 2.23. The average Bonchev–Trinajstić information content (AvgIpc) is 2.55. The van der Waals surface area contributed by atoms with Crippen molar-refractivity contribution in [1.82, 2.24) is 0 Å². The van der Waals surface area contributed by atoms with Crippen LogP contribution in [0.1, 0.15) is 32.6 Å². The highest BCUT2D eigenvalue weighted by atomic mass is 32.2. The fraction of sp³-hybridized carbons (Fsp3) is 0.316. The number of hydrogen-bond acceptors (Lipinski definition) is 3. The van der Waals surface area contributed by atoms with Crippen LogP contribution in [-0.2, 0) is 0 Å². The zero-order chi connectivity index (χ0) is 16.5. The maximum atomic E-state index is 10.5. The molecule has 0 atom stereocenters. The van der Waals surface area contributed by atoms with Crippen molar-refractivity contribution in [3.05, 3.63) is 48.5 Å². The lowest BCUT2D eigenvalue weighted by Crippen LogP contribution is -2.02. The van der Waals surface area contributed by atoms with Crippen LogP contribution in [0.15, 0.2) is 53.4 Å². The molecule has 0 heterocycles. The predicted molar refractivity (Wildman–Crippen MR) is 95.4 cm³/mol. The molecule has 0 saturated carbocycles. The summed E-state index contributed by atoms with van der Waals surface area (Å²) in [6, 6.07) is 15.5. The van der Waals surface area contributed by atoms with E-state index in [1.54, 1.807) is 12.1 Å². The summed E-state index contributed by atoms with van der Waals surface area (Å²) in [4.78, 5) is 11.8. The van der Waals surface area contributed by atoms with Crippen molar-refractivity contribution in [2.45, 2.75) is 37.5 Å². The molecule has 0 fully saturated rings. The van der Waals surface area contributed by atoms with Crippen molar-refractivity contribution in [2.75, 3.05) is 5.75 Å². The van der Waals surface area contributed by atoms with E-state index in [9.17, 15) is 4.79 Å². The molecule has 0 amide bonds. The van der Waals surface area contributed by atoms with Gasteiger partial charge in [-0.1, -0.05) is 50.5 Å². The van der Waals surface area contributed by atoms with Crippen molar-refractivity contribution in [1.29, 1.82) is 0 Å². The standard InChI is InChI=1S/C19H22O3S/c1-2-3-4-5-14-23-18-12-8-16(9-13-18)15-6-10-17(11-7-15)22-19(20)21/h6-13H,2-5,14H2,1H3,(H,20,21). The molecule has 1 N–H and O–H groups in total. The fourth-order valence-electron chi connectivity index (χ4n) is 2.28. The molecule has 0 unspecified atom stereocenters. The minimum absolute atomic E-state index is 0.334. The van der Waals surface area contributed by atoms with Crippen molar-refractivity contribution in [3.63, 3.8) is 0 Å². The number of benzene rings is 2. The molecular weight excluding hydrogens is 308 g/mol. The molecule has 0 radical (unpaired) electrons. The SMILES string of the molecule is CCCCCCSc1ccc(-c2ccc(OC(=O)O)cc2)cc1. The number of thioether (sulfide) groups is 1. The van der Waals surface area contributed by atoms with Gasteiger partial charge in [0.05, 0.1) is 0 Å². The topological polar surface area (TPSA) is 46.5 Å². The fourth-order valence-corrected chi connectivity index (χ4v) is 3.19. The quantitative estimate of drug-likeness (QED) is 0.276. The van der Waals surface area contributed by atoms with Gasteiger partial charge in [-0.25, -0.2) is 4.79 Å². The Hall–Kier alpha value is -1.94. The van der Waals surface area contributed by atoms with E-state index < -0.39 is 6.16 Å². The number of unbranched alkanes of at least 4 members (excludes halogenated alkanes) is 3. The van der Waals surface area contributed by atoms with Crippen LogP contribution in [0.4, 0.5) is 4.79 Å². The summed E-state index contributed by atoms with van der Waals surface area (Å²) in [5.41, 5.74) is 2.16. The Morgan fingerprint density at radius 3 is 2.13 bits per heavy atom. The van der Waals surface area contributed by atoms with Crippen LogP contribution in [0.5, 0.6) is 5.75 Å². The van der Waals surface area contributed by atoms with Gasteiger partial charge >= 0.3 is 6.16 Å². The van der Waals surface area contributed by atoms with Gasteiger partial charge in [-0.2, -0.15) is 0 Å². The van der Waals surface area contributed by atoms with Gasteiger partial charge in [-0.15, -0.1) is 11.8 Å². The van der Waals surface area contributed by atoms with Gasteiger partial charge < -0.3 is 9.84 Å². The lowest BCUT2D eigenvalue weighted by Gasteiger charge is -2.06.